The SMILES string of the molecule is CONC(=O)NC(C)(C)C. The fourth-order valence-corrected chi connectivity index (χ4v) is 0.459. The zero-order chi connectivity index (χ0) is 8.20. The molecule has 4 heteroatoms. The van der Waals surface area contributed by atoms with E-state index in [9.17, 15) is 4.79 Å². The van der Waals surface area contributed by atoms with Crippen LogP contribution in [0.3, 0.4) is 0 Å². The van der Waals surface area contributed by atoms with Gasteiger partial charge in [-0.15, -0.1) is 0 Å². The Bertz CT molecular complexity index is 117. The van der Waals surface area contributed by atoms with Crippen LogP contribution in [0.1, 0.15) is 20.8 Å². The molecule has 4 nitrogen and oxygen atoms in total. The van der Waals surface area contributed by atoms with E-state index in [4.69, 9.17) is 0 Å². The van der Waals surface area contributed by atoms with Crippen LogP contribution in [0.5, 0.6) is 0 Å². The Morgan fingerprint density at radius 2 is 1.90 bits per heavy atom. The van der Waals surface area contributed by atoms with E-state index in [-0.39, 0.29) is 11.6 Å². The normalized spacial score (nSPS) is 10.8. The van der Waals surface area contributed by atoms with Crippen molar-refractivity contribution in [1.29, 1.82) is 0 Å². The molecule has 0 aromatic rings. The second kappa shape index (κ2) is 3.41. The first-order valence-electron chi connectivity index (χ1n) is 3.07. The summed E-state index contributed by atoms with van der Waals surface area (Å²) in [6.45, 7) is 5.67. The van der Waals surface area contributed by atoms with Gasteiger partial charge in [-0.05, 0) is 20.8 Å². The molecule has 0 aliphatic carbocycles. The maximum atomic E-state index is 10.7. The van der Waals surface area contributed by atoms with Gasteiger partial charge in [0.05, 0.1) is 7.11 Å². The number of rotatable bonds is 1. The highest BCUT2D eigenvalue weighted by Gasteiger charge is 2.12. The maximum absolute atomic E-state index is 10.7. The van der Waals surface area contributed by atoms with Crippen molar-refractivity contribution < 1.29 is 9.63 Å². The minimum Gasteiger partial charge on any atom is -0.332 e. The fourth-order valence-electron chi connectivity index (χ4n) is 0.459. The summed E-state index contributed by atoms with van der Waals surface area (Å²) in [6, 6.07) is -0.324. The average Bonchev–Trinajstić information content (AvgIpc) is 1.59. The minimum atomic E-state index is -0.324. The highest BCUT2D eigenvalue weighted by molar-refractivity contribution is 5.73. The van der Waals surface area contributed by atoms with E-state index >= 15 is 0 Å². The maximum Gasteiger partial charge on any atom is 0.339 e. The zero-order valence-electron chi connectivity index (χ0n) is 6.82. The highest BCUT2D eigenvalue weighted by Crippen LogP contribution is 1.96. The first-order valence-corrected chi connectivity index (χ1v) is 3.07. The molecule has 0 fully saturated rings. The third-order valence-electron chi connectivity index (χ3n) is 0.683. The topological polar surface area (TPSA) is 50.4 Å². The van der Waals surface area contributed by atoms with E-state index in [1.165, 1.54) is 7.11 Å². The Labute approximate surface area is 60.9 Å². The van der Waals surface area contributed by atoms with Crippen LogP contribution in [0, 0.1) is 0 Å². The van der Waals surface area contributed by atoms with Gasteiger partial charge in [0.1, 0.15) is 0 Å². The number of amides is 2. The average molecular weight is 146 g/mol. The molecular formula is C6H14N2O2. The fraction of sp³-hybridized carbons (Fsp3) is 0.833. The quantitative estimate of drug-likeness (QED) is 0.533. The second-order valence-electron chi connectivity index (χ2n) is 3.01. The molecule has 2 N–H and O–H groups in total. The van der Waals surface area contributed by atoms with Gasteiger partial charge in [0.25, 0.3) is 0 Å². The molecule has 0 unspecified atom stereocenters. The Hall–Kier alpha value is -0.770. The van der Waals surface area contributed by atoms with Crippen LogP contribution in [-0.4, -0.2) is 18.7 Å². The van der Waals surface area contributed by atoms with E-state index in [2.05, 4.69) is 15.6 Å². The van der Waals surface area contributed by atoms with Gasteiger partial charge in [-0.3, -0.25) is 4.84 Å². The largest absolute Gasteiger partial charge is 0.339 e. The van der Waals surface area contributed by atoms with Crippen molar-refractivity contribution in [1.82, 2.24) is 10.8 Å². The van der Waals surface area contributed by atoms with Crippen LogP contribution in [0.15, 0.2) is 0 Å². The van der Waals surface area contributed by atoms with Crippen LogP contribution in [0.25, 0.3) is 0 Å². The molecule has 0 saturated heterocycles. The molecule has 60 valence electrons. The Balaban J connectivity index is 3.58. The molecule has 0 bridgehead atoms. The molecule has 0 heterocycles. The third-order valence-corrected chi connectivity index (χ3v) is 0.683. The highest BCUT2D eigenvalue weighted by atomic mass is 16.6. The number of hydrogen-bond donors (Lipinski definition) is 2. The van der Waals surface area contributed by atoms with Crippen LogP contribution >= 0.6 is 0 Å². The molecular weight excluding hydrogens is 132 g/mol. The molecule has 2 amide bonds. The van der Waals surface area contributed by atoms with Crippen molar-refractivity contribution in [3.05, 3.63) is 0 Å². The van der Waals surface area contributed by atoms with Crippen molar-refractivity contribution in [3.8, 4) is 0 Å². The van der Waals surface area contributed by atoms with E-state index < -0.39 is 0 Å². The molecule has 0 aromatic carbocycles. The summed E-state index contributed by atoms with van der Waals surface area (Å²) in [5.74, 6) is 0. The van der Waals surface area contributed by atoms with Crippen LogP contribution in [-0.2, 0) is 4.84 Å². The predicted octanol–water partition coefficient (Wildman–Crippen LogP) is 0.645. The second-order valence-corrected chi connectivity index (χ2v) is 3.01. The van der Waals surface area contributed by atoms with Crippen molar-refractivity contribution in [2.24, 2.45) is 0 Å². The minimum absolute atomic E-state index is 0.220. The van der Waals surface area contributed by atoms with Gasteiger partial charge in [-0.25, -0.2) is 10.3 Å². The van der Waals surface area contributed by atoms with Crippen LogP contribution in [0.2, 0.25) is 0 Å². The van der Waals surface area contributed by atoms with Gasteiger partial charge in [0, 0.05) is 5.54 Å². The molecule has 0 aliphatic rings. The van der Waals surface area contributed by atoms with E-state index in [1.807, 2.05) is 20.8 Å². The summed E-state index contributed by atoms with van der Waals surface area (Å²) in [5.41, 5.74) is 1.93. The number of hydroxylamine groups is 1. The number of carbonyl (C=O) groups excluding carboxylic acids is 1. The van der Waals surface area contributed by atoms with E-state index in [0.717, 1.165) is 0 Å². The molecule has 0 atom stereocenters. The lowest BCUT2D eigenvalue weighted by Crippen LogP contribution is -2.45. The lowest BCUT2D eigenvalue weighted by atomic mass is 10.1. The summed E-state index contributed by atoms with van der Waals surface area (Å²) < 4.78 is 0. The van der Waals surface area contributed by atoms with Crippen molar-refractivity contribution in [3.63, 3.8) is 0 Å². The third kappa shape index (κ3) is 5.37. The van der Waals surface area contributed by atoms with Crippen molar-refractivity contribution in [2.75, 3.05) is 7.11 Å². The monoisotopic (exact) mass is 146 g/mol. The Morgan fingerprint density at radius 3 is 2.20 bits per heavy atom. The number of carbonyl (C=O) groups is 1. The van der Waals surface area contributed by atoms with Gasteiger partial charge < -0.3 is 5.32 Å². The molecule has 10 heavy (non-hydrogen) atoms. The summed E-state index contributed by atoms with van der Waals surface area (Å²) >= 11 is 0. The van der Waals surface area contributed by atoms with E-state index in [0.29, 0.717) is 0 Å². The predicted molar refractivity (Wildman–Crippen MR) is 38.4 cm³/mol. The van der Waals surface area contributed by atoms with E-state index in [1.54, 1.807) is 0 Å². The van der Waals surface area contributed by atoms with Gasteiger partial charge in [0.2, 0.25) is 0 Å². The van der Waals surface area contributed by atoms with Gasteiger partial charge >= 0.3 is 6.03 Å². The number of urea groups is 1. The number of nitrogens with one attached hydrogen (secondary N) is 2. The number of hydrogen-bond acceptors (Lipinski definition) is 2. The lowest BCUT2D eigenvalue weighted by molar-refractivity contribution is 0.104. The molecule has 0 rings (SSSR count). The van der Waals surface area contributed by atoms with Crippen molar-refractivity contribution in [2.45, 2.75) is 26.3 Å². The molecule has 0 aromatic heterocycles. The van der Waals surface area contributed by atoms with Gasteiger partial charge in [-0.1, -0.05) is 0 Å². The summed E-state index contributed by atoms with van der Waals surface area (Å²) in [7, 11) is 1.39. The Kier molecular flexibility index (Phi) is 3.15. The first-order chi connectivity index (χ1) is 4.45. The summed E-state index contributed by atoms with van der Waals surface area (Å²) in [5, 5.41) is 2.64. The lowest BCUT2D eigenvalue weighted by Gasteiger charge is -2.19. The van der Waals surface area contributed by atoms with Gasteiger partial charge in [0.15, 0.2) is 0 Å². The smallest absolute Gasteiger partial charge is 0.332 e. The molecule has 0 radical (unpaired) electrons. The van der Waals surface area contributed by atoms with Crippen LogP contribution < -0.4 is 10.8 Å². The molecule has 0 spiro atoms. The standard InChI is InChI=1S/C6H14N2O2/c1-6(2,3)7-5(9)8-10-4/h1-4H3,(H2,7,8,9). The molecule has 0 aliphatic heterocycles. The zero-order valence-corrected chi connectivity index (χ0v) is 6.82. The van der Waals surface area contributed by atoms with Crippen molar-refractivity contribution >= 4 is 6.03 Å². The Morgan fingerprint density at radius 1 is 1.40 bits per heavy atom. The summed E-state index contributed by atoms with van der Waals surface area (Å²) in [6.07, 6.45) is 0. The van der Waals surface area contributed by atoms with Crippen LogP contribution in [0.4, 0.5) is 4.79 Å². The van der Waals surface area contributed by atoms with Gasteiger partial charge in [-0.2, -0.15) is 0 Å². The molecule has 0 saturated carbocycles. The summed E-state index contributed by atoms with van der Waals surface area (Å²) in [4.78, 5) is 15.1. The first kappa shape index (κ1) is 9.23.